The topological polar surface area (TPSA) is 21.1 Å². The van der Waals surface area contributed by atoms with Crippen LogP contribution in [-0.2, 0) is 20.0 Å². The van der Waals surface area contributed by atoms with Crippen LogP contribution >= 0.6 is 11.8 Å². The minimum Gasteiger partial charge on any atom is -0.272 e. The number of hydrogen-bond donors (Lipinski definition) is 0. The van der Waals surface area contributed by atoms with Crippen molar-refractivity contribution in [2.24, 2.45) is 7.05 Å². The van der Waals surface area contributed by atoms with Crippen molar-refractivity contribution >= 4 is 11.8 Å². The van der Waals surface area contributed by atoms with E-state index in [1.165, 1.54) is 11.3 Å². The molecule has 0 saturated heterocycles. The molecule has 0 radical (unpaired) electrons. The van der Waals surface area contributed by atoms with E-state index in [9.17, 15) is 0 Å². The maximum atomic E-state index is 5.92. The van der Waals surface area contributed by atoms with Gasteiger partial charge in [0.25, 0.3) is 0 Å². The summed E-state index contributed by atoms with van der Waals surface area (Å²) in [7, 11) is 2.00. The van der Waals surface area contributed by atoms with Gasteiger partial charge in [0.1, 0.15) is 0 Å². The van der Waals surface area contributed by atoms with Crippen LogP contribution in [0.3, 0.4) is 0 Å². The number of nitrogens with zero attached hydrogens (tertiary/aromatic N) is 3. The summed E-state index contributed by atoms with van der Waals surface area (Å²) in [6.07, 6.45) is 1.01. The van der Waals surface area contributed by atoms with Crippen molar-refractivity contribution in [3.8, 4) is 0 Å². The number of aromatic nitrogens is 2. The molecule has 0 fully saturated rings. The number of halogens is 1. The number of aryl methyl sites for hydroxylation is 2. The van der Waals surface area contributed by atoms with E-state index < -0.39 is 0 Å². The fourth-order valence-corrected chi connectivity index (χ4v) is 1.95. The zero-order chi connectivity index (χ0) is 8.72. The van der Waals surface area contributed by atoms with E-state index in [4.69, 9.17) is 11.8 Å². The average Bonchev–Trinajstić information content (AvgIpc) is 2.28. The van der Waals surface area contributed by atoms with Crippen molar-refractivity contribution in [3.63, 3.8) is 0 Å². The highest BCUT2D eigenvalue weighted by Crippen LogP contribution is 2.22. The van der Waals surface area contributed by atoms with Crippen molar-refractivity contribution < 1.29 is 0 Å². The van der Waals surface area contributed by atoms with Gasteiger partial charge in [-0.3, -0.25) is 4.68 Å². The Morgan fingerprint density at radius 3 is 3.00 bits per heavy atom. The quantitative estimate of drug-likeness (QED) is 0.568. The molecule has 1 aliphatic heterocycles. The van der Waals surface area contributed by atoms with Crippen LogP contribution in [0.5, 0.6) is 0 Å². The molecule has 1 aliphatic rings. The molecule has 0 aromatic carbocycles. The molecule has 12 heavy (non-hydrogen) atoms. The Bertz CT molecular complexity index is 305. The largest absolute Gasteiger partial charge is 0.272 e. The molecule has 0 saturated carbocycles. The molecular weight excluding hydrogens is 174 g/mol. The van der Waals surface area contributed by atoms with Crippen molar-refractivity contribution in [3.05, 3.63) is 17.0 Å². The first-order valence-electron chi connectivity index (χ1n) is 4.10. The van der Waals surface area contributed by atoms with Crippen molar-refractivity contribution in [1.82, 2.24) is 14.2 Å². The smallest absolute Gasteiger partial charge is 0.0642 e. The lowest BCUT2D eigenvalue weighted by molar-refractivity contribution is 0.420. The van der Waals surface area contributed by atoms with Crippen LogP contribution in [-0.4, -0.2) is 20.7 Å². The van der Waals surface area contributed by atoms with Crippen molar-refractivity contribution in [2.75, 3.05) is 6.54 Å². The van der Waals surface area contributed by atoms with Gasteiger partial charge in [-0.1, -0.05) is 0 Å². The monoisotopic (exact) mass is 185 g/mol. The van der Waals surface area contributed by atoms with E-state index in [0.717, 1.165) is 25.2 Å². The predicted molar refractivity (Wildman–Crippen MR) is 47.9 cm³/mol. The van der Waals surface area contributed by atoms with Crippen molar-refractivity contribution in [1.29, 1.82) is 0 Å². The Kier molecular flexibility index (Phi) is 1.85. The summed E-state index contributed by atoms with van der Waals surface area (Å²) >= 11 is 5.92. The zero-order valence-electron chi connectivity index (χ0n) is 7.34. The molecule has 1 aromatic rings. The molecule has 0 atom stereocenters. The molecule has 0 unspecified atom stereocenters. The number of rotatable bonds is 0. The Labute approximate surface area is 77.0 Å². The van der Waals surface area contributed by atoms with E-state index in [1.807, 2.05) is 23.1 Å². The van der Waals surface area contributed by atoms with Crippen LogP contribution in [0.25, 0.3) is 0 Å². The maximum absolute atomic E-state index is 5.92. The third kappa shape index (κ3) is 1.13. The first kappa shape index (κ1) is 8.08. The lowest BCUT2D eigenvalue weighted by Crippen LogP contribution is -2.23. The molecule has 2 rings (SSSR count). The molecule has 2 heterocycles. The van der Waals surface area contributed by atoms with Crippen molar-refractivity contribution in [2.45, 2.75) is 19.9 Å². The van der Waals surface area contributed by atoms with E-state index in [1.54, 1.807) is 0 Å². The van der Waals surface area contributed by atoms with Crippen LogP contribution in [0.1, 0.15) is 17.0 Å². The summed E-state index contributed by atoms with van der Waals surface area (Å²) < 4.78 is 3.78. The van der Waals surface area contributed by atoms with Crippen LogP contribution in [0.4, 0.5) is 0 Å². The normalized spacial score (nSPS) is 17.9. The van der Waals surface area contributed by atoms with Gasteiger partial charge >= 0.3 is 0 Å². The molecule has 66 valence electrons. The Morgan fingerprint density at radius 2 is 2.25 bits per heavy atom. The lowest BCUT2D eigenvalue weighted by atomic mass is 10.1. The Balaban J connectivity index is 2.45. The second kappa shape index (κ2) is 2.75. The Morgan fingerprint density at radius 1 is 1.50 bits per heavy atom. The first-order valence-corrected chi connectivity index (χ1v) is 4.44. The molecule has 0 N–H and O–H groups in total. The number of hydrogen-bond acceptors (Lipinski definition) is 2. The summed E-state index contributed by atoms with van der Waals surface area (Å²) in [4.78, 5) is 0. The third-order valence-corrected chi connectivity index (χ3v) is 2.69. The fourth-order valence-electron chi connectivity index (χ4n) is 1.75. The highest BCUT2D eigenvalue weighted by Gasteiger charge is 2.20. The van der Waals surface area contributed by atoms with Crippen LogP contribution in [0.15, 0.2) is 0 Å². The minimum absolute atomic E-state index is 0.830. The lowest BCUT2D eigenvalue weighted by Gasteiger charge is -2.20. The highest BCUT2D eigenvalue weighted by molar-refractivity contribution is 6.13. The van der Waals surface area contributed by atoms with Gasteiger partial charge in [0.15, 0.2) is 0 Å². The molecule has 4 heteroatoms. The SMILES string of the molecule is Cc1nn(C)c2c1CN(Cl)CC2. The summed E-state index contributed by atoms with van der Waals surface area (Å²) in [6.45, 7) is 3.79. The third-order valence-electron chi connectivity index (χ3n) is 2.40. The van der Waals surface area contributed by atoms with Gasteiger partial charge in [-0.2, -0.15) is 5.10 Å². The highest BCUT2D eigenvalue weighted by atomic mass is 35.5. The van der Waals surface area contributed by atoms with Crippen LogP contribution in [0, 0.1) is 6.92 Å². The van der Waals surface area contributed by atoms with Gasteiger partial charge in [-0.15, -0.1) is 0 Å². The van der Waals surface area contributed by atoms with E-state index in [-0.39, 0.29) is 0 Å². The molecule has 0 aliphatic carbocycles. The average molecular weight is 186 g/mol. The summed E-state index contributed by atoms with van der Waals surface area (Å²) in [5.74, 6) is 0. The van der Waals surface area contributed by atoms with E-state index in [2.05, 4.69) is 5.10 Å². The standard InChI is InChI=1S/C8H12ClN3/c1-6-7-5-12(9)4-3-8(7)11(2)10-6/h3-5H2,1-2H3. The minimum atomic E-state index is 0.830. The summed E-state index contributed by atoms with van der Waals surface area (Å²) in [5.41, 5.74) is 3.75. The van der Waals surface area contributed by atoms with E-state index >= 15 is 0 Å². The maximum Gasteiger partial charge on any atom is 0.0642 e. The van der Waals surface area contributed by atoms with Gasteiger partial charge in [-0.25, -0.2) is 4.42 Å². The van der Waals surface area contributed by atoms with Crippen LogP contribution < -0.4 is 0 Å². The van der Waals surface area contributed by atoms with Gasteiger partial charge in [0.2, 0.25) is 0 Å². The first-order chi connectivity index (χ1) is 5.68. The molecule has 3 nitrogen and oxygen atoms in total. The molecule has 0 spiro atoms. The fraction of sp³-hybridized carbons (Fsp3) is 0.625. The molecule has 1 aromatic heterocycles. The van der Waals surface area contributed by atoms with Gasteiger partial charge < -0.3 is 0 Å². The van der Waals surface area contributed by atoms with E-state index in [0.29, 0.717) is 0 Å². The van der Waals surface area contributed by atoms with Gasteiger partial charge in [0.05, 0.1) is 5.69 Å². The number of fused-ring (bicyclic) bond motifs is 1. The van der Waals surface area contributed by atoms with Gasteiger partial charge in [-0.05, 0) is 18.7 Å². The second-order valence-corrected chi connectivity index (χ2v) is 3.71. The van der Waals surface area contributed by atoms with Crippen LogP contribution in [0.2, 0.25) is 0 Å². The zero-order valence-corrected chi connectivity index (χ0v) is 8.10. The predicted octanol–water partition coefficient (Wildman–Crippen LogP) is 1.24. The van der Waals surface area contributed by atoms with Gasteiger partial charge in [0, 0.05) is 37.8 Å². The second-order valence-electron chi connectivity index (χ2n) is 3.23. The molecule has 0 bridgehead atoms. The molecule has 0 amide bonds. The Hall–Kier alpha value is -0.540. The summed E-state index contributed by atoms with van der Waals surface area (Å²) in [5, 5.41) is 4.36. The molecular formula is C8H12ClN3. The summed E-state index contributed by atoms with van der Waals surface area (Å²) in [6, 6.07) is 0.